The summed E-state index contributed by atoms with van der Waals surface area (Å²) in [5.74, 6) is 2.04. The fourth-order valence-electron chi connectivity index (χ4n) is 2.23. The van der Waals surface area contributed by atoms with E-state index in [1.165, 1.54) is 12.8 Å². The number of aromatic nitrogens is 2. The SMILES string of the molecule is CC1CCCN(c2ccc(NC(=O)C(C)C)nn2)C1. The summed E-state index contributed by atoms with van der Waals surface area (Å²) in [5, 5.41) is 11.0. The monoisotopic (exact) mass is 262 g/mol. The topological polar surface area (TPSA) is 58.1 Å². The van der Waals surface area contributed by atoms with E-state index in [4.69, 9.17) is 0 Å². The fourth-order valence-corrected chi connectivity index (χ4v) is 2.23. The van der Waals surface area contributed by atoms with Crippen LogP contribution in [-0.4, -0.2) is 29.2 Å². The molecule has 0 aromatic carbocycles. The summed E-state index contributed by atoms with van der Waals surface area (Å²) in [5.41, 5.74) is 0. The second-order valence-corrected chi connectivity index (χ2v) is 5.61. The first-order valence-corrected chi connectivity index (χ1v) is 6.96. The quantitative estimate of drug-likeness (QED) is 0.908. The minimum Gasteiger partial charge on any atom is -0.355 e. The summed E-state index contributed by atoms with van der Waals surface area (Å²) >= 11 is 0. The van der Waals surface area contributed by atoms with Crippen LogP contribution in [0.2, 0.25) is 0 Å². The maximum atomic E-state index is 11.6. The number of nitrogens with zero attached hydrogens (tertiary/aromatic N) is 3. The highest BCUT2D eigenvalue weighted by Crippen LogP contribution is 2.21. The molecule has 0 saturated carbocycles. The number of nitrogens with one attached hydrogen (secondary N) is 1. The summed E-state index contributed by atoms with van der Waals surface area (Å²) in [6.45, 7) is 8.04. The Morgan fingerprint density at radius 2 is 2.21 bits per heavy atom. The molecule has 1 atom stereocenters. The molecule has 19 heavy (non-hydrogen) atoms. The van der Waals surface area contributed by atoms with Gasteiger partial charge in [0.1, 0.15) is 0 Å². The van der Waals surface area contributed by atoms with E-state index < -0.39 is 0 Å². The average molecular weight is 262 g/mol. The van der Waals surface area contributed by atoms with Crippen LogP contribution in [0, 0.1) is 11.8 Å². The Kier molecular flexibility index (Phi) is 4.35. The normalized spacial score (nSPS) is 19.6. The molecular weight excluding hydrogens is 240 g/mol. The third-order valence-electron chi connectivity index (χ3n) is 3.41. The molecule has 0 radical (unpaired) electrons. The van der Waals surface area contributed by atoms with Gasteiger partial charge in [-0.25, -0.2) is 0 Å². The van der Waals surface area contributed by atoms with E-state index in [0.717, 1.165) is 18.9 Å². The molecule has 5 heteroatoms. The van der Waals surface area contributed by atoms with Crippen LogP contribution in [0.15, 0.2) is 12.1 Å². The van der Waals surface area contributed by atoms with Gasteiger partial charge in [0.25, 0.3) is 0 Å². The van der Waals surface area contributed by atoms with Gasteiger partial charge >= 0.3 is 0 Å². The van der Waals surface area contributed by atoms with E-state index in [1.54, 1.807) is 0 Å². The highest BCUT2D eigenvalue weighted by molar-refractivity contribution is 5.91. The molecule has 1 saturated heterocycles. The summed E-state index contributed by atoms with van der Waals surface area (Å²) in [7, 11) is 0. The van der Waals surface area contributed by atoms with Crippen LogP contribution in [-0.2, 0) is 4.79 Å². The van der Waals surface area contributed by atoms with Crippen LogP contribution in [0.25, 0.3) is 0 Å². The van der Waals surface area contributed by atoms with Crippen molar-refractivity contribution < 1.29 is 4.79 Å². The molecule has 0 aliphatic carbocycles. The largest absolute Gasteiger partial charge is 0.355 e. The van der Waals surface area contributed by atoms with E-state index in [1.807, 2.05) is 26.0 Å². The van der Waals surface area contributed by atoms with Gasteiger partial charge in [0.2, 0.25) is 5.91 Å². The number of piperidine rings is 1. The van der Waals surface area contributed by atoms with E-state index >= 15 is 0 Å². The smallest absolute Gasteiger partial charge is 0.228 e. The number of hydrogen-bond donors (Lipinski definition) is 1. The maximum absolute atomic E-state index is 11.6. The lowest BCUT2D eigenvalue weighted by Crippen LogP contribution is -2.35. The zero-order chi connectivity index (χ0) is 13.8. The number of carbonyl (C=O) groups is 1. The van der Waals surface area contributed by atoms with Gasteiger partial charge in [-0.1, -0.05) is 20.8 Å². The minimum absolute atomic E-state index is 0.0337. The van der Waals surface area contributed by atoms with Crippen molar-refractivity contribution in [1.82, 2.24) is 10.2 Å². The first kappa shape index (κ1) is 13.8. The zero-order valence-electron chi connectivity index (χ0n) is 11.9. The average Bonchev–Trinajstić information content (AvgIpc) is 2.39. The van der Waals surface area contributed by atoms with E-state index in [9.17, 15) is 4.79 Å². The van der Waals surface area contributed by atoms with Gasteiger partial charge in [-0.3, -0.25) is 4.79 Å². The van der Waals surface area contributed by atoms with Crippen LogP contribution in [0.5, 0.6) is 0 Å². The summed E-state index contributed by atoms with van der Waals surface area (Å²) in [6.07, 6.45) is 2.49. The van der Waals surface area contributed by atoms with Gasteiger partial charge in [-0.2, -0.15) is 0 Å². The highest BCUT2D eigenvalue weighted by Gasteiger charge is 2.18. The Bertz CT molecular complexity index is 430. The summed E-state index contributed by atoms with van der Waals surface area (Å²) < 4.78 is 0. The van der Waals surface area contributed by atoms with Crippen LogP contribution >= 0.6 is 0 Å². The highest BCUT2D eigenvalue weighted by atomic mass is 16.1. The Morgan fingerprint density at radius 1 is 1.42 bits per heavy atom. The second kappa shape index (κ2) is 5.99. The molecule has 0 bridgehead atoms. The molecular formula is C14H22N4O. The summed E-state index contributed by atoms with van der Waals surface area (Å²) in [4.78, 5) is 13.8. The first-order chi connectivity index (χ1) is 9.06. The molecule has 1 fully saturated rings. The molecule has 2 heterocycles. The molecule has 1 aromatic heterocycles. The van der Waals surface area contributed by atoms with Crippen LogP contribution in [0.3, 0.4) is 0 Å². The number of rotatable bonds is 3. The molecule has 104 valence electrons. The molecule has 1 N–H and O–H groups in total. The van der Waals surface area contributed by atoms with E-state index in [2.05, 4.69) is 27.3 Å². The summed E-state index contributed by atoms with van der Waals surface area (Å²) in [6, 6.07) is 3.75. The Balaban J connectivity index is 2.00. The zero-order valence-corrected chi connectivity index (χ0v) is 11.9. The number of carbonyl (C=O) groups excluding carboxylic acids is 1. The lowest BCUT2D eigenvalue weighted by Gasteiger charge is -2.31. The van der Waals surface area contributed by atoms with Gasteiger partial charge < -0.3 is 10.2 Å². The van der Waals surface area contributed by atoms with Gasteiger partial charge in [0.15, 0.2) is 11.6 Å². The molecule has 1 amide bonds. The fraction of sp³-hybridized carbons (Fsp3) is 0.643. The third-order valence-corrected chi connectivity index (χ3v) is 3.41. The Morgan fingerprint density at radius 3 is 2.79 bits per heavy atom. The first-order valence-electron chi connectivity index (χ1n) is 6.96. The molecule has 1 aliphatic rings. The van der Waals surface area contributed by atoms with E-state index in [0.29, 0.717) is 11.7 Å². The second-order valence-electron chi connectivity index (χ2n) is 5.61. The van der Waals surface area contributed by atoms with Crippen LogP contribution in [0.1, 0.15) is 33.6 Å². The lowest BCUT2D eigenvalue weighted by atomic mass is 10.0. The molecule has 0 spiro atoms. The number of anilines is 2. The minimum atomic E-state index is -0.0515. The molecule has 1 aliphatic heterocycles. The molecule has 1 aromatic rings. The van der Waals surface area contributed by atoms with Crippen molar-refractivity contribution in [3.8, 4) is 0 Å². The number of amides is 1. The van der Waals surface area contributed by atoms with Crippen molar-refractivity contribution in [1.29, 1.82) is 0 Å². The molecule has 2 rings (SSSR count). The maximum Gasteiger partial charge on any atom is 0.228 e. The van der Waals surface area contributed by atoms with Crippen molar-refractivity contribution in [2.75, 3.05) is 23.3 Å². The van der Waals surface area contributed by atoms with Crippen molar-refractivity contribution in [3.05, 3.63) is 12.1 Å². The third kappa shape index (κ3) is 3.66. The van der Waals surface area contributed by atoms with Crippen molar-refractivity contribution in [3.63, 3.8) is 0 Å². The predicted molar refractivity (Wildman–Crippen MR) is 76.1 cm³/mol. The lowest BCUT2D eigenvalue weighted by molar-refractivity contribution is -0.118. The predicted octanol–water partition coefficient (Wildman–Crippen LogP) is 2.31. The van der Waals surface area contributed by atoms with Crippen LogP contribution < -0.4 is 10.2 Å². The number of hydrogen-bond acceptors (Lipinski definition) is 4. The molecule has 5 nitrogen and oxygen atoms in total. The van der Waals surface area contributed by atoms with Crippen LogP contribution in [0.4, 0.5) is 11.6 Å². The van der Waals surface area contributed by atoms with E-state index in [-0.39, 0.29) is 11.8 Å². The Hall–Kier alpha value is -1.65. The molecule has 1 unspecified atom stereocenters. The van der Waals surface area contributed by atoms with Gasteiger partial charge in [0, 0.05) is 19.0 Å². The van der Waals surface area contributed by atoms with Crippen molar-refractivity contribution >= 4 is 17.5 Å². The van der Waals surface area contributed by atoms with Crippen molar-refractivity contribution in [2.45, 2.75) is 33.6 Å². The van der Waals surface area contributed by atoms with Gasteiger partial charge in [0.05, 0.1) is 0 Å². The van der Waals surface area contributed by atoms with Gasteiger partial charge in [-0.15, -0.1) is 10.2 Å². The van der Waals surface area contributed by atoms with Gasteiger partial charge in [-0.05, 0) is 30.9 Å². The Labute approximate surface area is 114 Å². The van der Waals surface area contributed by atoms with Crippen molar-refractivity contribution in [2.24, 2.45) is 11.8 Å². The standard InChI is InChI=1S/C14H22N4O/c1-10(2)14(19)15-12-6-7-13(17-16-12)18-8-4-5-11(3)9-18/h6-7,10-11H,4-5,8-9H2,1-3H3,(H,15,16,19).